The van der Waals surface area contributed by atoms with E-state index < -0.39 is 0 Å². The van der Waals surface area contributed by atoms with E-state index in [1.807, 2.05) is 38.1 Å². The molecule has 1 rings (SSSR count). The van der Waals surface area contributed by atoms with Gasteiger partial charge in [0.05, 0.1) is 12.8 Å². The van der Waals surface area contributed by atoms with Crippen LogP contribution in [0.3, 0.4) is 0 Å². The van der Waals surface area contributed by atoms with Crippen LogP contribution in [0.1, 0.15) is 13.8 Å². The maximum Gasteiger partial charge on any atom is 0.210 e. The van der Waals surface area contributed by atoms with E-state index in [1.165, 1.54) is 0 Å². The number of nitrogens with one attached hydrogen (secondary N) is 2. The number of nitrogens with two attached hydrogens (primary N) is 1. The first-order valence-corrected chi connectivity index (χ1v) is 5.11. The van der Waals surface area contributed by atoms with Crippen molar-refractivity contribution in [1.29, 1.82) is 0 Å². The molecule has 1 aromatic rings. The number of methoxy groups -OCH3 is 1. The smallest absolute Gasteiger partial charge is 0.210 e. The van der Waals surface area contributed by atoms with E-state index in [0.717, 1.165) is 11.4 Å². The highest BCUT2D eigenvalue weighted by molar-refractivity contribution is 5.94. The average molecular weight is 222 g/mol. The van der Waals surface area contributed by atoms with Crippen molar-refractivity contribution >= 4 is 11.6 Å². The number of hydrogen-bond donors (Lipinski definition) is 3. The molecule has 0 aliphatic rings. The predicted octanol–water partition coefficient (Wildman–Crippen LogP) is 1.33. The third-order valence-corrected chi connectivity index (χ3v) is 1.88. The van der Waals surface area contributed by atoms with Crippen molar-refractivity contribution in [3.05, 3.63) is 24.3 Å². The molecule has 0 heterocycles. The molecular weight excluding hydrogens is 204 g/mol. The third-order valence-electron chi connectivity index (χ3n) is 1.88. The highest BCUT2D eigenvalue weighted by Gasteiger charge is 2.04. The molecule has 1 aromatic carbocycles. The molecule has 0 bridgehead atoms. The van der Waals surface area contributed by atoms with Crippen LogP contribution in [0.25, 0.3) is 0 Å². The predicted molar refractivity (Wildman–Crippen MR) is 66.5 cm³/mol. The monoisotopic (exact) mass is 222 g/mol. The highest BCUT2D eigenvalue weighted by Crippen LogP contribution is 2.22. The number of hydrazine groups is 1. The Morgan fingerprint density at radius 3 is 2.62 bits per heavy atom. The minimum absolute atomic E-state index is 0.160. The molecule has 0 saturated heterocycles. The summed E-state index contributed by atoms with van der Waals surface area (Å²) in [6.45, 7) is 3.95. The van der Waals surface area contributed by atoms with Crippen molar-refractivity contribution in [1.82, 2.24) is 5.43 Å². The van der Waals surface area contributed by atoms with Gasteiger partial charge >= 0.3 is 0 Å². The SMILES string of the molecule is COc1ccccc1NC(=NC(C)C)NN. The first-order valence-electron chi connectivity index (χ1n) is 5.11. The summed E-state index contributed by atoms with van der Waals surface area (Å²) < 4.78 is 5.21. The largest absolute Gasteiger partial charge is 0.495 e. The number of anilines is 1. The first kappa shape index (κ1) is 12.3. The zero-order valence-corrected chi connectivity index (χ0v) is 9.82. The van der Waals surface area contributed by atoms with Gasteiger partial charge in [-0.1, -0.05) is 12.1 Å². The molecule has 0 unspecified atom stereocenters. The van der Waals surface area contributed by atoms with Crippen LogP contribution in [0.5, 0.6) is 5.75 Å². The van der Waals surface area contributed by atoms with E-state index in [2.05, 4.69) is 15.7 Å². The summed E-state index contributed by atoms with van der Waals surface area (Å²) in [7, 11) is 1.62. The number of hydrogen-bond acceptors (Lipinski definition) is 3. The van der Waals surface area contributed by atoms with Crippen molar-refractivity contribution in [3.63, 3.8) is 0 Å². The van der Waals surface area contributed by atoms with E-state index in [0.29, 0.717) is 5.96 Å². The molecule has 88 valence electrons. The third kappa shape index (κ3) is 3.43. The van der Waals surface area contributed by atoms with E-state index in [-0.39, 0.29) is 6.04 Å². The lowest BCUT2D eigenvalue weighted by Crippen LogP contribution is -2.37. The summed E-state index contributed by atoms with van der Waals surface area (Å²) in [5.41, 5.74) is 3.34. The molecule has 0 fully saturated rings. The number of ether oxygens (including phenoxy) is 1. The van der Waals surface area contributed by atoms with E-state index in [1.54, 1.807) is 7.11 Å². The Morgan fingerprint density at radius 1 is 1.38 bits per heavy atom. The van der Waals surface area contributed by atoms with Crippen LogP contribution in [-0.2, 0) is 0 Å². The summed E-state index contributed by atoms with van der Waals surface area (Å²) in [5.74, 6) is 6.63. The number of guanidine groups is 1. The highest BCUT2D eigenvalue weighted by atomic mass is 16.5. The quantitative estimate of drug-likeness (QED) is 0.312. The number of para-hydroxylation sites is 2. The molecule has 0 spiro atoms. The molecule has 4 N–H and O–H groups in total. The Balaban J connectivity index is 2.85. The molecule has 0 aromatic heterocycles. The number of nitrogens with zero attached hydrogens (tertiary/aromatic N) is 1. The maximum absolute atomic E-state index is 5.38. The maximum atomic E-state index is 5.38. The van der Waals surface area contributed by atoms with Gasteiger partial charge in [0.15, 0.2) is 0 Å². The lowest BCUT2D eigenvalue weighted by atomic mass is 10.3. The molecule has 0 aliphatic carbocycles. The number of rotatable bonds is 3. The van der Waals surface area contributed by atoms with Crippen LogP contribution < -0.4 is 21.3 Å². The molecule has 0 radical (unpaired) electrons. The molecule has 5 nitrogen and oxygen atoms in total. The standard InChI is InChI=1S/C11H18N4O/c1-8(2)13-11(15-12)14-9-6-4-5-7-10(9)16-3/h4-8H,12H2,1-3H3,(H2,13,14,15). The van der Waals surface area contributed by atoms with E-state index >= 15 is 0 Å². The minimum Gasteiger partial charge on any atom is -0.495 e. The van der Waals surface area contributed by atoms with Gasteiger partial charge in [0.25, 0.3) is 0 Å². The van der Waals surface area contributed by atoms with Gasteiger partial charge in [-0.2, -0.15) is 0 Å². The van der Waals surface area contributed by atoms with Crippen LogP contribution in [0, 0.1) is 0 Å². The van der Waals surface area contributed by atoms with Gasteiger partial charge in [0, 0.05) is 6.04 Å². The summed E-state index contributed by atoms with van der Waals surface area (Å²) in [4.78, 5) is 4.28. The normalized spacial score (nSPS) is 11.4. The van der Waals surface area contributed by atoms with Crippen molar-refractivity contribution < 1.29 is 4.74 Å². The lowest BCUT2D eigenvalue weighted by Gasteiger charge is -2.13. The van der Waals surface area contributed by atoms with Crippen LogP contribution in [0.15, 0.2) is 29.3 Å². The zero-order chi connectivity index (χ0) is 12.0. The Kier molecular flexibility index (Phi) is 4.60. The fourth-order valence-corrected chi connectivity index (χ4v) is 1.24. The Labute approximate surface area is 95.7 Å². The van der Waals surface area contributed by atoms with E-state index in [9.17, 15) is 0 Å². The Bertz CT molecular complexity index is 363. The van der Waals surface area contributed by atoms with Crippen molar-refractivity contribution in [2.75, 3.05) is 12.4 Å². The molecule has 0 saturated carbocycles. The Hall–Kier alpha value is -1.75. The van der Waals surface area contributed by atoms with Crippen LogP contribution in [0.4, 0.5) is 5.69 Å². The molecule has 0 aliphatic heterocycles. The van der Waals surface area contributed by atoms with Crippen molar-refractivity contribution in [3.8, 4) is 5.75 Å². The topological polar surface area (TPSA) is 71.7 Å². The van der Waals surface area contributed by atoms with Gasteiger partial charge in [0.1, 0.15) is 5.75 Å². The second-order valence-corrected chi connectivity index (χ2v) is 3.54. The molecule has 5 heteroatoms. The Morgan fingerprint density at radius 2 is 2.06 bits per heavy atom. The number of benzene rings is 1. The number of aliphatic imine (C=N–C) groups is 1. The molecule has 0 amide bonds. The van der Waals surface area contributed by atoms with Gasteiger partial charge in [-0.25, -0.2) is 10.8 Å². The first-order chi connectivity index (χ1) is 7.67. The molecule has 0 atom stereocenters. The fraction of sp³-hybridized carbons (Fsp3) is 0.364. The second kappa shape index (κ2) is 5.97. The van der Waals surface area contributed by atoms with Gasteiger partial charge < -0.3 is 10.1 Å². The van der Waals surface area contributed by atoms with Gasteiger partial charge in [-0.15, -0.1) is 0 Å². The van der Waals surface area contributed by atoms with Crippen molar-refractivity contribution in [2.24, 2.45) is 10.8 Å². The van der Waals surface area contributed by atoms with E-state index in [4.69, 9.17) is 10.6 Å². The van der Waals surface area contributed by atoms with Gasteiger partial charge in [-0.05, 0) is 26.0 Å². The summed E-state index contributed by atoms with van der Waals surface area (Å²) in [6, 6.07) is 7.74. The van der Waals surface area contributed by atoms with Crippen LogP contribution >= 0.6 is 0 Å². The summed E-state index contributed by atoms with van der Waals surface area (Å²) in [5, 5.41) is 3.07. The van der Waals surface area contributed by atoms with Crippen LogP contribution in [0.2, 0.25) is 0 Å². The summed E-state index contributed by atoms with van der Waals surface area (Å²) in [6.07, 6.45) is 0. The van der Waals surface area contributed by atoms with Crippen molar-refractivity contribution in [2.45, 2.75) is 19.9 Å². The fourth-order valence-electron chi connectivity index (χ4n) is 1.24. The minimum atomic E-state index is 0.160. The zero-order valence-electron chi connectivity index (χ0n) is 9.82. The average Bonchev–Trinajstić information content (AvgIpc) is 2.28. The van der Waals surface area contributed by atoms with Crippen LogP contribution in [-0.4, -0.2) is 19.1 Å². The van der Waals surface area contributed by atoms with Gasteiger partial charge in [0.2, 0.25) is 5.96 Å². The second-order valence-electron chi connectivity index (χ2n) is 3.54. The molecular formula is C11H18N4O. The summed E-state index contributed by atoms with van der Waals surface area (Å²) >= 11 is 0. The van der Waals surface area contributed by atoms with Gasteiger partial charge in [-0.3, -0.25) is 5.43 Å². The lowest BCUT2D eigenvalue weighted by molar-refractivity contribution is 0.417. The molecule has 16 heavy (non-hydrogen) atoms.